The van der Waals surface area contributed by atoms with Crippen LogP contribution in [0.25, 0.3) is 11.0 Å². The quantitative estimate of drug-likeness (QED) is 0.533. The predicted molar refractivity (Wildman–Crippen MR) is 95.3 cm³/mol. The summed E-state index contributed by atoms with van der Waals surface area (Å²) in [5.74, 6) is -1.54. The van der Waals surface area contributed by atoms with Crippen molar-refractivity contribution in [1.82, 2.24) is 9.97 Å². The average molecular weight is 355 g/mol. The number of nitrogens with one attached hydrogen (secondary N) is 3. The molecule has 8 nitrogen and oxygen atoms in total. The molecule has 0 unspecified atom stereocenters. The number of anilines is 1. The lowest BCUT2D eigenvalue weighted by Gasteiger charge is -2.14. The van der Waals surface area contributed by atoms with E-state index in [-0.39, 0.29) is 17.0 Å². The molecule has 1 atom stereocenters. The molecule has 0 fully saturated rings. The van der Waals surface area contributed by atoms with Gasteiger partial charge >= 0.3 is 11.7 Å². The number of carbonyl (C=O) groups excluding carboxylic acids is 2. The molecule has 3 rings (SSSR count). The molecule has 4 N–H and O–H groups in total. The van der Waals surface area contributed by atoms with E-state index in [0.29, 0.717) is 16.7 Å². The van der Waals surface area contributed by atoms with Gasteiger partial charge < -0.3 is 25.1 Å². The van der Waals surface area contributed by atoms with Crippen molar-refractivity contribution >= 4 is 28.6 Å². The minimum absolute atomic E-state index is 0.0124. The van der Waals surface area contributed by atoms with Crippen LogP contribution in [-0.4, -0.2) is 33.1 Å². The zero-order valence-electron chi connectivity index (χ0n) is 14.1. The predicted octanol–water partition coefficient (Wildman–Crippen LogP) is 2.05. The van der Waals surface area contributed by atoms with Crippen molar-refractivity contribution in [1.29, 1.82) is 0 Å². The van der Waals surface area contributed by atoms with E-state index in [1.165, 1.54) is 19.1 Å². The van der Waals surface area contributed by atoms with E-state index in [1.54, 1.807) is 31.2 Å². The van der Waals surface area contributed by atoms with Gasteiger partial charge in [0.25, 0.3) is 5.91 Å². The van der Waals surface area contributed by atoms with Gasteiger partial charge in [0.15, 0.2) is 6.10 Å². The molecule has 0 saturated heterocycles. The summed E-state index contributed by atoms with van der Waals surface area (Å²) in [5, 5.41) is 12.4. The Kier molecular flexibility index (Phi) is 4.49. The number of phenols is 1. The number of carbonyl (C=O) groups is 2. The van der Waals surface area contributed by atoms with Crippen molar-refractivity contribution in [2.45, 2.75) is 20.0 Å². The first-order valence-electron chi connectivity index (χ1n) is 7.87. The maximum absolute atomic E-state index is 12.2. The van der Waals surface area contributed by atoms with Crippen LogP contribution in [0.3, 0.4) is 0 Å². The second kappa shape index (κ2) is 6.75. The number of aromatic nitrogens is 2. The number of phenolic OH excluding ortho intramolecular Hbond substituents is 1. The Morgan fingerprint density at radius 1 is 1.12 bits per heavy atom. The van der Waals surface area contributed by atoms with E-state index in [4.69, 9.17) is 4.74 Å². The molecule has 0 radical (unpaired) electrons. The molecular weight excluding hydrogens is 338 g/mol. The molecule has 1 aromatic heterocycles. The number of hydrogen-bond acceptors (Lipinski definition) is 5. The van der Waals surface area contributed by atoms with Crippen LogP contribution < -0.4 is 11.0 Å². The fourth-order valence-electron chi connectivity index (χ4n) is 2.45. The van der Waals surface area contributed by atoms with Gasteiger partial charge in [0.05, 0.1) is 11.0 Å². The van der Waals surface area contributed by atoms with Crippen molar-refractivity contribution in [3.63, 3.8) is 0 Å². The number of esters is 1. The Morgan fingerprint density at radius 3 is 2.58 bits per heavy atom. The number of fused-ring (bicyclic) bond motifs is 1. The van der Waals surface area contributed by atoms with Gasteiger partial charge in [-0.1, -0.05) is 6.07 Å². The molecule has 0 aliphatic heterocycles. The molecular formula is C18H17N3O5. The number of aryl methyl sites for hydroxylation is 1. The highest BCUT2D eigenvalue weighted by Crippen LogP contribution is 2.20. The van der Waals surface area contributed by atoms with E-state index in [9.17, 15) is 19.5 Å². The molecule has 8 heteroatoms. The van der Waals surface area contributed by atoms with Crippen molar-refractivity contribution in [3.05, 3.63) is 58.0 Å². The number of hydrogen-bond donors (Lipinski definition) is 4. The van der Waals surface area contributed by atoms with E-state index in [0.717, 1.165) is 5.56 Å². The summed E-state index contributed by atoms with van der Waals surface area (Å²) in [5.41, 5.74) is 2.04. The van der Waals surface area contributed by atoms with Gasteiger partial charge in [-0.15, -0.1) is 0 Å². The van der Waals surface area contributed by atoms with E-state index < -0.39 is 18.0 Å². The van der Waals surface area contributed by atoms with Gasteiger partial charge in [-0.05, 0) is 49.7 Å². The first-order valence-corrected chi connectivity index (χ1v) is 7.87. The van der Waals surface area contributed by atoms with Crippen LogP contribution >= 0.6 is 0 Å². The Morgan fingerprint density at radius 2 is 1.85 bits per heavy atom. The van der Waals surface area contributed by atoms with E-state index in [2.05, 4.69) is 15.3 Å². The first-order chi connectivity index (χ1) is 12.3. The van der Waals surface area contributed by atoms with Crippen LogP contribution in [0.4, 0.5) is 5.69 Å². The lowest BCUT2D eigenvalue weighted by molar-refractivity contribution is -0.123. The summed E-state index contributed by atoms with van der Waals surface area (Å²) in [6.07, 6.45) is -1.08. The summed E-state index contributed by atoms with van der Waals surface area (Å²) < 4.78 is 5.11. The Hall–Kier alpha value is -3.55. The van der Waals surface area contributed by atoms with Gasteiger partial charge in [0, 0.05) is 5.69 Å². The fourth-order valence-corrected chi connectivity index (χ4v) is 2.45. The number of benzene rings is 2. The van der Waals surface area contributed by atoms with Gasteiger partial charge in [-0.25, -0.2) is 9.59 Å². The zero-order valence-corrected chi connectivity index (χ0v) is 14.1. The smallest absolute Gasteiger partial charge is 0.342 e. The maximum Gasteiger partial charge on any atom is 0.342 e. The van der Waals surface area contributed by atoms with E-state index in [1.807, 2.05) is 0 Å². The maximum atomic E-state index is 12.2. The molecule has 0 aliphatic rings. The third kappa shape index (κ3) is 3.59. The molecule has 0 bridgehead atoms. The molecule has 1 heterocycles. The normalized spacial score (nSPS) is 11.9. The van der Waals surface area contributed by atoms with Crippen molar-refractivity contribution in [3.8, 4) is 5.75 Å². The zero-order chi connectivity index (χ0) is 18.8. The van der Waals surface area contributed by atoms with E-state index >= 15 is 0 Å². The second-order valence-electron chi connectivity index (χ2n) is 5.90. The number of aromatic hydroxyl groups is 1. The molecule has 134 valence electrons. The number of H-pyrrole nitrogens is 2. The Balaban J connectivity index is 1.68. The number of aromatic amines is 2. The average Bonchev–Trinajstić information content (AvgIpc) is 2.93. The van der Waals surface area contributed by atoms with Crippen LogP contribution in [0.5, 0.6) is 5.75 Å². The highest BCUT2D eigenvalue weighted by atomic mass is 16.5. The third-order valence-electron chi connectivity index (χ3n) is 3.81. The Labute approximate surface area is 147 Å². The largest absolute Gasteiger partial charge is 0.507 e. The summed E-state index contributed by atoms with van der Waals surface area (Å²) >= 11 is 0. The van der Waals surface area contributed by atoms with Gasteiger partial charge in [-0.3, -0.25) is 4.79 Å². The standard InChI is InChI=1S/C18H17N3O5/c1-9-3-5-12(15(22)7-9)17(24)26-10(2)16(23)19-11-4-6-13-14(8-11)21-18(25)20-13/h3-8,10,22H,1-2H3,(H,19,23)(H2,20,21,25)/t10-/m1/s1. The summed E-state index contributed by atoms with van der Waals surface area (Å²) in [6.45, 7) is 3.20. The summed E-state index contributed by atoms with van der Waals surface area (Å²) in [4.78, 5) is 40.8. The number of imidazole rings is 1. The molecule has 3 aromatic rings. The highest BCUT2D eigenvalue weighted by Gasteiger charge is 2.21. The molecule has 0 spiro atoms. The van der Waals surface area contributed by atoms with Crippen molar-refractivity contribution in [2.24, 2.45) is 0 Å². The number of rotatable bonds is 4. The lowest BCUT2D eigenvalue weighted by Crippen LogP contribution is -2.30. The second-order valence-corrected chi connectivity index (χ2v) is 5.90. The molecule has 2 aromatic carbocycles. The van der Waals surface area contributed by atoms with Crippen LogP contribution in [0, 0.1) is 6.92 Å². The van der Waals surface area contributed by atoms with Crippen molar-refractivity contribution in [2.75, 3.05) is 5.32 Å². The number of ether oxygens (including phenoxy) is 1. The topological polar surface area (TPSA) is 124 Å². The fraction of sp³-hybridized carbons (Fsp3) is 0.167. The lowest BCUT2D eigenvalue weighted by atomic mass is 10.1. The van der Waals surface area contributed by atoms with Crippen molar-refractivity contribution < 1.29 is 19.4 Å². The van der Waals surface area contributed by atoms with Crippen LogP contribution in [-0.2, 0) is 9.53 Å². The monoisotopic (exact) mass is 355 g/mol. The first kappa shape index (κ1) is 17.3. The molecule has 26 heavy (non-hydrogen) atoms. The van der Waals surface area contributed by atoms with Gasteiger partial charge in [0.2, 0.25) is 0 Å². The van der Waals surface area contributed by atoms with Gasteiger partial charge in [0.1, 0.15) is 11.3 Å². The van der Waals surface area contributed by atoms with Crippen LogP contribution in [0.1, 0.15) is 22.8 Å². The van der Waals surface area contributed by atoms with Crippen LogP contribution in [0.2, 0.25) is 0 Å². The molecule has 0 saturated carbocycles. The SMILES string of the molecule is Cc1ccc(C(=O)O[C@H](C)C(=O)Nc2ccc3[nH]c(=O)[nH]c3c2)c(O)c1. The third-order valence-corrected chi connectivity index (χ3v) is 3.81. The Bertz CT molecular complexity index is 1050. The minimum Gasteiger partial charge on any atom is -0.507 e. The highest BCUT2D eigenvalue weighted by molar-refractivity contribution is 5.99. The molecule has 0 aliphatic carbocycles. The summed E-state index contributed by atoms with van der Waals surface area (Å²) in [6, 6.07) is 9.38. The molecule has 1 amide bonds. The number of amides is 1. The minimum atomic E-state index is -1.08. The van der Waals surface area contributed by atoms with Crippen LogP contribution in [0.15, 0.2) is 41.2 Å². The van der Waals surface area contributed by atoms with Gasteiger partial charge in [-0.2, -0.15) is 0 Å². The summed E-state index contributed by atoms with van der Waals surface area (Å²) in [7, 11) is 0.